The molecule has 328 valence electrons. The molecule has 0 bridgehead atoms. The molecule has 0 unspecified atom stereocenters. The van der Waals surface area contributed by atoms with Crippen LogP contribution in [0.25, 0.3) is 0 Å². The molecule has 1 aromatic rings. The van der Waals surface area contributed by atoms with Gasteiger partial charge in [-0.15, -0.1) is 0 Å². The molecule has 0 radical (unpaired) electrons. The maximum Gasteiger partial charge on any atom is 0.198 e. The first kappa shape index (κ1) is 43.4. The van der Waals surface area contributed by atoms with E-state index in [2.05, 4.69) is 0 Å². The zero-order chi connectivity index (χ0) is 43.2. The standard InChI is InChI=1S/C43H54O17/c1-18-25(44)8-10-32(55-18)60-43-30(46)16-41(5,52)17-42(43,53)13-12-24-35(43)40(51)23-7-6-22(38(49)34(23)39(24)50)28-15-29(37(48)21(4)54-28)59-31-11-9-27(19(2)56-31)58-33-14-26(45)36(47)20(3)57-33/h6-7,12-13,18-21,25,27-29,31-33,36-37,44,47-49,52-53H,8-11,14-17H2,1-5H3/t18-,19-,20+,21+,25-,27-,28+,29+,31-,32-,33-,36+,37+,41-,42-,43-/m0/s1. The van der Waals surface area contributed by atoms with E-state index in [0.717, 1.165) is 0 Å². The van der Waals surface area contributed by atoms with Crippen LogP contribution in [0.2, 0.25) is 0 Å². The van der Waals surface area contributed by atoms with Crippen molar-refractivity contribution in [2.24, 2.45) is 0 Å². The third-order valence-corrected chi connectivity index (χ3v) is 13.2. The summed E-state index contributed by atoms with van der Waals surface area (Å²) in [6.45, 7) is 8.02. The predicted octanol–water partition coefficient (Wildman–Crippen LogP) is 1.69. The van der Waals surface area contributed by atoms with E-state index >= 15 is 0 Å². The minimum Gasteiger partial charge on any atom is -0.507 e. The van der Waals surface area contributed by atoms with Crippen molar-refractivity contribution in [3.63, 3.8) is 0 Å². The fourth-order valence-electron chi connectivity index (χ4n) is 9.95. The van der Waals surface area contributed by atoms with Crippen LogP contribution in [0.3, 0.4) is 0 Å². The lowest BCUT2D eigenvalue weighted by atomic mass is 9.57. The van der Waals surface area contributed by atoms with Crippen molar-refractivity contribution in [1.82, 2.24) is 0 Å². The van der Waals surface area contributed by atoms with Crippen LogP contribution in [-0.2, 0) is 42.7 Å². The van der Waals surface area contributed by atoms with Gasteiger partial charge in [-0.3, -0.25) is 19.2 Å². The number of fused-ring (bicyclic) bond motifs is 3. The van der Waals surface area contributed by atoms with Gasteiger partial charge in [-0.25, -0.2) is 0 Å². The Hall–Kier alpha value is -3.30. The third-order valence-electron chi connectivity index (χ3n) is 13.2. The van der Waals surface area contributed by atoms with Gasteiger partial charge in [0.25, 0.3) is 0 Å². The van der Waals surface area contributed by atoms with E-state index < -0.39 is 138 Å². The van der Waals surface area contributed by atoms with Crippen LogP contribution in [0.15, 0.2) is 35.4 Å². The minimum atomic E-state index is -2.47. The first-order chi connectivity index (χ1) is 28.2. The summed E-state index contributed by atoms with van der Waals surface area (Å²) < 4.78 is 42.5. The lowest BCUT2D eigenvalue weighted by Gasteiger charge is -2.55. The maximum absolute atomic E-state index is 14.7. The van der Waals surface area contributed by atoms with E-state index in [1.807, 2.05) is 0 Å². The molecule has 3 aliphatic carbocycles. The number of aliphatic hydroxyl groups is 5. The first-order valence-corrected chi connectivity index (χ1v) is 20.8. The van der Waals surface area contributed by atoms with Crippen molar-refractivity contribution in [3.8, 4) is 5.75 Å². The van der Waals surface area contributed by atoms with E-state index in [9.17, 15) is 49.8 Å². The van der Waals surface area contributed by atoms with Gasteiger partial charge < -0.3 is 63.8 Å². The minimum absolute atomic E-state index is 0.0210. The van der Waals surface area contributed by atoms with Gasteiger partial charge in [-0.05, 0) is 59.6 Å². The van der Waals surface area contributed by atoms with E-state index in [4.69, 9.17) is 33.2 Å². The first-order valence-electron chi connectivity index (χ1n) is 20.8. The van der Waals surface area contributed by atoms with Crippen molar-refractivity contribution in [1.29, 1.82) is 0 Å². The quantitative estimate of drug-likeness (QED) is 0.228. The Balaban J connectivity index is 1.03. The number of hydrogen-bond donors (Lipinski definition) is 6. The topological polar surface area (TPSA) is 254 Å². The van der Waals surface area contributed by atoms with Gasteiger partial charge in [-0.2, -0.15) is 0 Å². The molecule has 17 nitrogen and oxygen atoms in total. The van der Waals surface area contributed by atoms with Crippen LogP contribution < -0.4 is 0 Å². The van der Waals surface area contributed by atoms with Crippen molar-refractivity contribution in [2.75, 3.05) is 0 Å². The lowest BCUT2D eigenvalue weighted by molar-refractivity contribution is -0.296. The Morgan fingerprint density at radius 1 is 0.767 bits per heavy atom. The average Bonchev–Trinajstić information content (AvgIpc) is 3.17. The molecule has 8 rings (SSSR count). The second-order valence-electron chi connectivity index (χ2n) is 17.8. The maximum atomic E-state index is 14.7. The number of phenolic OH excluding ortho intramolecular Hbond substituents is 1. The molecular formula is C43H54O17. The molecule has 4 aliphatic heterocycles. The lowest BCUT2D eigenvalue weighted by Crippen LogP contribution is -2.71. The Morgan fingerprint density at radius 3 is 2.15 bits per heavy atom. The van der Waals surface area contributed by atoms with Crippen molar-refractivity contribution in [2.45, 2.75) is 183 Å². The third kappa shape index (κ3) is 7.33. The zero-order valence-corrected chi connectivity index (χ0v) is 34.1. The highest BCUT2D eigenvalue weighted by Crippen LogP contribution is 2.54. The van der Waals surface area contributed by atoms with Gasteiger partial charge in [0.2, 0.25) is 0 Å². The summed E-state index contributed by atoms with van der Waals surface area (Å²) in [5, 5.41) is 66.5. The molecule has 5 fully saturated rings. The number of aliphatic hydroxyl groups excluding tert-OH is 3. The largest absolute Gasteiger partial charge is 0.507 e. The molecule has 7 aliphatic rings. The molecule has 1 aromatic carbocycles. The number of rotatable bonds is 7. The fraction of sp³-hybridized carbons (Fsp3) is 0.674. The smallest absolute Gasteiger partial charge is 0.198 e. The Bertz CT molecular complexity index is 1990. The molecule has 6 N–H and O–H groups in total. The second-order valence-corrected chi connectivity index (χ2v) is 17.8. The second kappa shape index (κ2) is 15.8. The number of Topliss-reactive ketones (excluding diaryl/α,β-unsaturated/α-hetero) is 4. The van der Waals surface area contributed by atoms with Crippen molar-refractivity contribution >= 4 is 23.1 Å². The van der Waals surface area contributed by atoms with Crippen LogP contribution in [0.1, 0.15) is 118 Å². The van der Waals surface area contributed by atoms with Crippen molar-refractivity contribution in [3.05, 3.63) is 52.1 Å². The molecule has 60 heavy (non-hydrogen) atoms. The molecule has 4 heterocycles. The average molecular weight is 843 g/mol. The highest BCUT2D eigenvalue weighted by molar-refractivity contribution is 6.32. The fourth-order valence-corrected chi connectivity index (χ4v) is 9.95. The molecule has 16 atom stereocenters. The molecule has 4 saturated heterocycles. The highest BCUT2D eigenvalue weighted by Gasteiger charge is 2.69. The zero-order valence-electron chi connectivity index (χ0n) is 34.1. The van der Waals surface area contributed by atoms with Gasteiger partial charge in [0.15, 0.2) is 47.6 Å². The molecule has 0 spiro atoms. The monoisotopic (exact) mass is 842 g/mol. The summed E-state index contributed by atoms with van der Waals surface area (Å²) >= 11 is 0. The van der Waals surface area contributed by atoms with Crippen LogP contribution in [0, 0.1) is 0 Å². The molecule has 1 saturated carbocycles. The summed E-state index contributed by atoms with van der Waals surface area (Å²) in [5.74, 6) is -3.41. The number of benzene rings is 1. The normalized spacial score (nSPS) is 44.7. The number of carbonyl (C=O) groups excluding carboxylic acids is 4. The molecule has 0 amide bonds. The Morgan fingerprint density at radius 2 is 1.45 bits per heavy atom. The number of allylic oxidation sites excluding steroid dienone is 2. The van der Waals surface area contributed by atoms with Crippen LogP contribution >= 0.6 is 0 Å². The van der Waals surface area contributed by atoms with E-state index in [1.165, 1.54) is 31.2 Å². The van der Waals surface area contributed by atoms with Crippen molar-refractivity contribution < 1.29 is 83.0 Å². The molecule has 0 aromatic heterocycles. The number of carbonyl (C=O) groups is 4. The number of ketones is 4. The van der Waals surface area contributed by atoms with Crippen LogP contribution in [-0.4, -0.2) is 144 Å². The van der Waals surface area contributed by atoms with Crippen LogP contribution in [0.4, 0.5) is 0 Å². The number of aromatic hydroxyl groups is 1. The Labute approximate surface area is 346 Å². The summed E-state index contributed by atoms with van der Waals surface area (Å²) in [6.07, 6.45) is -8.21. The van der Waals surface area contributed by atoms with Gasteiger partial charge in [0, 0.05) is 48.8 Å². The summed E-state index contributed by atoms with van der Waals surface area (Å²) in [6, 6.07) is 2.76. The van der Waals surface area contributed by atoms with Gasteiger partial charge >= 0.3 is 0 Å². The highest BCUT2D eigenvalue weighted by atomic mass is 16.7. The van der Waals surface area contributed by atoms with E-state index in [-0.39, 0.29) is 53.7 Å². The van der Waals surface area contributed by atoms with Gasteiger partial charge in [-0.1, -0.05) is 12.1 Å². The van der Waals surface area contributed by atoms with Crippen LogP contribution in [0.5, 0.6) is 5.75 Å². The molecular weight excluding hydrogens is 788 g/mol. The Kier molecular flexibility index (Phi) is 11.4. The van der Waals surface area contributed by atoms with Gasteiger partial charge in [0.1, 0.15) is 23.6 Å². The summed E-state index contributed by atoms with van der Waals surface area (Å²) in [7, 11) is 0. The van der Waals surface area contributed by atoms with E-state index in [0.29, 0.717) is 12.8 Å². The van der Waals surface area contributed by atoms with Gasteiger partial charge in [0.05, 0.1) is 72.0 Å². The summed E-state index contributed by atoms with van der Waals surface area (Å²) in [4.78, 5) is 55.7. The SMILES string of the molecule is C[C@@H]1O[C@@H](O[C@@H]2C[C@H](c3ccc4c(c3O)C(=O)C3=C(C4=O)[C@@]4(O[C@H]5CC[C@H](O)[C@H](C)O5)C(=O)C[C@](C)(O)C[C@@]4(O)C=C3)O[C@H](C)[C@H]2O)CC[C@@H]1O[C@H]1CC(=O)[C@H](O)[C@@H](C)O1. The summed E-state index contributed by atoms with van der Waals surface area (Å²) in [5.41, 5.74) is -7.59. The number of phenols is 1. The van der Waals surface area contributed by atoms with E-state index in [1.54, 1.807) is 27.7 Å². The predicted molar refractivity (Wildman–Crippen MR) is 203 cm³/mol. The molecule has 17 heteroatoms. The number of ether oxygens (including phenoxy) is 7. The number of hydrogen-bond acceptors (Lipinski definition) is 17.